The fourth-order valence-corrected chi connectivity index (χ4v) is 3.18. The number of hydrogen-bond acceptors (Lipinski definition) is 2. The SMILES string of the molecule is CCC(C)C1NC(=O)C(CC)N(CCC2CCC2)C1=O. The second kappa shape index (κ2) is 6.59. The maximum absolute atomic E-state index is 12.7. The number of piperazine rings is 1. The molecule has 3 unspecified atom stereocenters. The average Bonchev–Trinajstić information content (AvgIpc) is 2.39. The molecule has 2 rings (SSSR count). The number of rotatable bonds is 6. The van der Waals surface area contributed by atoms with Crippen LogP contribution in [0.2, 0.25) is 0 Å². The third kappa shape index (κ3) is 2.99. The van der Waals surface area contributed by atoms with E-state index in [4.69, 9.17) is 0 Å². The van der Waals surface area contributed by atoms with Gasteiger partial charge in [-0.3, -0.25) is 9.59 Å². The summed E-state index contributed by atoms with van der Waals surface area (Å²) in [5.41, 5.74) is 0. The molecule has 2 amide bonds. The Kier molecular flexibility index (Phi) is 5.06. The molecule has 0 spiro atoms. The van der Waals surface area contributed by atoms with Gasteiger partial charge in [0, 0.05) is 6.54 Å². The van der Waals surface area contributed by atoms with Crippen molar-refractivity contribution < 1.29 is 9.59 Å². The van der Waals surface area contributed by atoms with Gasteiger partial charge in [-0.1, -0.05) is 46.5 Å². The summed E-state index contributed by atoms with van der Waals surface area (Å²) in [5.74, 6) is 1.14. The molecule has 0 aromatic rings. The zero-order chi connectivity index (χ0) is 14.7. The molecule has 2 aliphatic rings. The molecule has 4 heteroatoms. The minimum Gasteiger partial charge on any atom is -0.342 e. The zero-order valence-electron chi connectivity index (χ0n) is 13.0. The fourth-order valence-electron chi connectivity index (χ4n) is 3.18. The Morgan fingerprint density at radius 1 is 1.30 bits per heavy atom. The predicted molar refractivity (Wildman–Crippen MR) is 79.1 cm³/mol. The molecule has 1 heterocycles. The minimum atomic E-state index is -0.323. The molecule has 0 bridgehead atoms. The molecule has 3 atom stereocenters. The first-order chi connectivity index (χ1) is 9.58. The van der Waals surface area contributed by atoms with E-state index in [0.717, 1.165) is 25.3 Å². The van der Waals surface area contributed by atoms with Gasteiger partial charge in [0.15, 0.2) is 0 Å². The first kappa shape index (κ1) is 15.3. The Morgan fingerprint density at radius 2 is 2.00 bits per heavy atom. The van der Waals surface area contributed by atoms with Crippen molar-refractivity contribution in [3.8, 4) is 0 Å². The van der Waals surface area contributed by atoms with E-state index >= 15 is 0 Å². The van der Waals surface area contributed by atoms with Gasteiger partial charge in [0.25, 0.3) is 0 Å². The van der Waals surface area contributed by atoms with Crippen LogP contribution in [0.1, 0.15) is 59.3 Å². The number of hydrogen-bond donors (Lipinski definition) is 1. The summed E-state index contributed by atoms with van der Waals surface area (Å²) in [7, 11) is 0. The molecule has 1 aliphatic heterocycles. The predicted octanol–water partition coefficient (Wildman–Crippen LogP) is 2.33. The molecule has 4 nitrogen and oxygen atoms in total. The largest absolute Gasteiger partial charge is 0.342 e. The molecule has 0 radical (unpaired) electrons. The molecule has 0 aromatic carbocycles. The molecule has 0 aromatic heterocycles. The van der Waals surface area contributed by atoms with Gasteiger partial charge >= 0.3 is 0 Å². The molecular weight excluding hydrogens is 252 g/mol. The summed E-state index contributed by atoms with van der Waals surface area (Å²) in [6.07, 6.45) is 6.58. The highest BCUT2D eigenvalue weighted by atomic mass is 16.2. The second-order valence-corrected chi connectivity index (χ2v) is 6.41. The summed E-state index contributed by atoms with van der Waals surface area (Å²) in [4.78, 5) is 26.8. The number of carbonyl (C=O) groups is 2. The van der Waals surface area contributed by atoms with Crippen LogP contribution < -0.4 is 5.32 Å². The van der Waals surface area contributed by atoms with E-state index in [0.29, 0.717) is 6.42 Å². The normalized spacial score (nSPS) is 29.1. The summed E-state index contributed by atoms with van der Waals surface area (Å²) in [6.45, 7) is 6.84. The molecule has 114 valence electrons. The summed E-state index contributed by atoms with van der Waals surface area (Å²) < 4.78 is 0. The van der Waals surface area contributed by atoms with Gasteiger partial charge in [-0.05, 0) is 24.7 Å². The molecule has 1 saturated heterocycles. The summed E-state index contributed by atoms with van der Waals surface area (Å²) in [5, 5.41) is 2.93. The maximum atomic E-state index is 12.7. The van der Waals surface area contributed by atoms with Gasteiger partial charge in [0.05, 0.1) is 0 Å². The van der Waals surface area contributed by atoms with Gasteiger partial charge in [-0.2, -0.15) is 0 Å². The minimum absolute atomic E-state index is 0.0333. The lowest BCUT2D eigenvalue weighted by atomic mass is 9.82. The van der Waals surface area contributed by atoms with E-state index in [1.165, 1.54) is 19.3 Å². The molecular formula is C16H28N2O2. The van der Waals surface area contributed by atoms with Crippen molar-refractivity contribution in [2.75, 3.05) is 6.54 Å². The van der Waals surface area contributed by atoms with Crippen LogP contribution in [0.15, 0.2) is 0 Å². The zero-order valence-corrected chi connectivity index (χ0v) is 13.0. The Hall–Kier alpha value is -1.06. The lowest BCUT2D eigenvalue weighted by Gasteiger charge is -2.41. The van der Waals surface area contributed by atoms with Crippen LogP contribution in [0.25, 0.3) is 0 Å². The lowest BCUT2D eigenvalue weighted by molar-refractivity contribution is -0.151. The van der Waals surface area contributed by atoms with Crippen LogP contribution in [-0.4, -0.2) is 35.3 Å². The van der Waals surface area contributed by atoms with Crippen LogP contribution in [0, 0.1) is 11.8 Å². The van der Waals surface area contributed by atoms with Crippen LogP contribution >= 0.6 is 0 Å². The van der Waals surface area contributed by atoms with E-state index in [2.05, 4.69) is 12.2 Å². The highest BCUT2D eigenvalue weighted by Crippen LogP contribution is 2.30. The van der Waals surface area contributed by atoms with Gasteiger partial charge in [0.1, 0.15) is 12.1 Å². The first-order valence-corrected chi connectivity index (χ1v) is 8.19. The van der Waals surface area contributed by atoms with Crippen molar-refractivity contribution in [1.29, 1.82) is 0 Å². The summed E-state index contributed by atoms with van der Waals surface area (Å²) >= 11 is 0. The Morgan fingerprint density at radius 3 is 2.50 bits per heavy atom. The van der Waals surface area contributed by atoms with Crippen molar-refractivity contribution >= 4 is 11.8 Å². The van der Waals surface area contributed by atoms with Gasteiger partial charge in [0.2, 0.25) is 11.8 Å². The number of nitrogens with zero attached hydrogens (tertiary/aromatic N) is 1. The van der Waals surface area contributed by atoms with E-state index < -0.39 is 0 Å². The monoisotopic (exact) mass is 280 g/mol. The Bertz CT molecular complexity index is 365. The molecule has 20 heavy (non-hydrogen) atoms. The van der Waals surface area contributed by atoms with Crippen molar-refractivity contribution in [2.45, 2.75) is 71.4 Å². The van der Waals surface area contributed by atoms with Gasteiger partial charge in [-0.15, -0.1) is 0 Å². The average molecular weight is 280 g/mol. The van der Waals surface area contributed by atoms with Crippen LogP contribution in [0.5, 0.6) is 0 Å². The molecule has 1 saturated carbocycles. The van der Waals surface area contributed by atoms with E-state index in [1.54, 1.807) is 0 Å². The highest BCUT2D eigenvalue weighted by molar-refractivity contribution is 5.97. The Labute approximate surface area is 122 Å². The topological polar surface area (TPSA) is 49.4 Å². The van der Waals surface area contributed by atoms with E-state index in [9.17, 15) is 9.59 Å². The number of amides is 2. The molecule has 1 N–H and O–H groups in total. The van der Waals surface area contributed by atoms with Crippen LogP contribution in [-0.2, 0) is 9.59 Å². The molecule has 1 aliphatic carbocycles. The quantitative estimate of drug-likeness (QED) is 0.812. The standard InChI is InChI=1S/C16H28N2O2/c1-4-11(3)14-16(20)18(10-9-12-7-6-8-12)13(5-2)15(19)17-14/h11-14H,4-10H2,1-3H3,(H,17,19). The van der Waals surface area contributed by atoms with Gasteiger partial charge < -0.3 is 10.2 Å². The third-order valence-electron chi connectivity index (χ3n) is 5.13. The number of carbonyl (C=O) groups excluding carboxylic acids is 2. The Balaban J connectivity index is 2.05. The van der Waals surface area contributed by atoms with Crippen molar-refractivity contribution in [3.63, 3.8) is 0 Å². The van der Waals surface area contributed by atoms with Crippen LogP contribution in [0.4, 0.5) is 0 Å². The van der Waals surface area contributed by atoms with Crippen molar-refractivity contribution in [2.24, 2.45) is 11.8 Å². The maximum Gasteiger partial charge on any atom is 0.246 e. The third-order valence-corrected chi connectivity index (χ3v) is 5.13. The smallest absolute Gasteiger partial charge is 0.246 e. The van der Waals surface area contributed by atoms with Crippen molar-refractivity contribution in [3.05, 3.63) is 0 Å². The highest BCUT2D eigenvalue weighted by Gasteiger charge is 2.41. The van der Waals surface area contributed by atoms with Gasteiger partial charge in [-0.25, -0.2) is 0 Å². The fraction of sp³-hybridized carbons (Fsp3) is 0.875. The molecule has 2 fully saturated rings. The van der Waals surface area contributed by atoms with Crippen molar-refractivity contribution in [1.82, 2.24) is 10.2 Å². The van der Waals surface area contributed by atoms with E-state index in [1.807, 2.05) is 18.7 Å². The second-order valence-electron chi connectivity index (χ2n) is 6.41. The van der Waals surface area contributed by atoms with E-state index in [-0.39, 0.29) is 29.8 Å². The first-order valence-electron chi connectivity index (χ1n) is 8.19. The lowest BCUT2D eigenvalue weighted by Crippen LogP contribution is -2.65. The summed E-state index contributed by atoms with van der Waals surface area (Å²) in [6, 6.07) is -0.584. The number of nitrogens with one attached hydrogen (secondary N) is 1. The van der Waals surface area contributed by atoms with Crippen LogP contribution in [0.3, 0.4) is 0 Å².